The van der Waals surface area contributed by atoms with Crippen molar-refractivity contribution in [3.05, 3.63) is 39.6 Å². The summed E-state index contributed by atoms with van der Waals surface area (Å²) < 4.78 is 0. The van der Waals surface area contributed by atoms with Crippen molar-refractivity contribution in [3.8, 4) is 0 Å². The van der Waals surface area contributed by atoms with Crippen LogP contribution in [0.3, 0.4) is 0 Å². The highest BCUT2D eigenvalue weighted by molar-refractivity contribution is 6.31. The maximum atomic E-state index is 11.9. The second kappa shape index (κ2) is 6.57. The Balaban J connectivity index is 2.18. The normalized spacial score (nSPS) is 10.7. The standard InChI is InChI=1S/C15H17ClN2O2/c1-2-3-4-5-14(19)17-13-8-10-6-7-11(16)9-12(10)18-15(13)20/h6-9H,2-5H2,1H3,(H,17,19)(H,18,20). The van der Waals surface area contributed by atoms with Crippen molar-refractivity contribution in [1.29, 1.82) is 0 Å². The van der Waals surface area contributed by atoms with Gasteiger partial charge in [0.05, 0.1) is 0 Å². The van der Waals surface area contributed by atoms with Crippen molar-refractivity contribution in [1.82, 2.24) is 4.98 Å². The first kappa shape index (κ1) is 14.6. The summed E-state index contributed by atoms with van der Waals surface area (Å²) in [5.74, 6) is -0.128. The van der Waals surface area contributed by atoms with E-state index < -0.39 is 0 Å². The lowest BCUT2D eigenvalue weighted by atomic mass is 10.2. The highest BCUT2D eigenvalue weighted by Crippen LogP contribution is 2.18. The van der Waals surface area contributed by atoms with Crippen LogP contribution in [0.4, 0.5) is 5.69 Å². The van der Waals surface area contributed by atoms with E-state index in [1.54, 1.807) is 24.3 Å². The quantitative estimate of drug-likeness (QED) is 0.825. The number of hydrogen-bond donors (Lipinski definition) is 2. The molecule has 106 valence electrons. The Labute approximate surface area is 122 Å². The number of nitrogens with one attached hydrogen (secondary N) is 2. The van der Waals surface area contributed by atoms with E-state index >= 15 is 0 Å². The van der Waals surface area contributed by atoms with Crippen LogP contribution in [0.2, 0.25) is 5.02 Å². The van der Waals surface area contributed by atoms with Gasteiger partial charge in [0.2, 0.25) is 5.91 Å². The number of fused-ring (bicyclic) bond motifs is 1. The molecule has 0 aliphatic rings. The summed E-state index contributed by atoms with van der Waals surface area (Å²) in [6.45, 7) is 2.08. The van der Waals surface area contributed by atoms with Gasteiger partial charge in [0, 0.05) is 22.3 Å². The van der Waals surface area contributed by atoms with Crippen LogP contribution in [0, 0.1) is 0 Å². The molecule has 0 aliphatic carbocycles. The zero-order valence-electron chi connectivity index (χ0n) is 11.3. The van der Waals surface area contributed by atoms with Crippen LogP contribution in [0.25, 0.3) is 10.9 Å². The van der Waals surface area contributed by atoms with Crippen LogP contribution in [0.1, 0.15) is 32.6 Å². The molecule has 0 bridgehead atoms. The Morgan fingerprint density at radius 1 is 1.30 bits per heavy atom. The van der Waals surface area contributed by atoms with Gasteiger partial charge in [-0.25, -0.2) is 0 Å². The first-order valence-electron chi connectivity index (χ1n) is 6.72. The molecule has 0 spiro atoms. The van der Waals surface area contributed by atoms with Crippen LogP contribution >= 0.6 is 11.6 Å². The Kier molecular flexibility index (Phi) is 4.79. The maximum absolute atomic E-state index is 11.9. The van der Waals surface area contributed by atoms with Gasteiger partial charge in [0.25, 0.3) is 5.56 Å². The predicted octanol–water partition coefficient (Wildman–Crippen LogP) is 3.70. The number of unbranched alkanes of at least 4 members (excludes halogenated alkanes) is 2. The van der Waals surface area contributed by atoms with Gasteiger partial charge in [0.15, 0.2) is 0 Å². The monoisotopic (exact) mass is 292 g/mol. The number of rotatable bonds is 5. The van der Waals surface area contributed by atoms with Crippen molar-refractivity contribution < 1.29 is 4.79 Å². The molecule has 1 amide bonds. The summed E-state index contributed by atoms with van der Waals surface area (Å²) in [7, 11) is 0. The average Bonchev–Trinajstić information content (AvgIpc) is 2.40. The lowest BCUT2D eigenvalue weighted by Gasteiger charge is -2.06. The van der Waals surface area contributed by atoms with E-state index in [2.05, 4.69) is 17.2 Å². The molecule has 1 aromatic heterocycles. The summed E-state index contributed by atoms with van der Waals surface area (Å²) in [5.41, 5.74) is 0.622. The Morgan fingerprint density at radius 3 is 2.85 bits per heavy atom. The number of hydrogen-bond acceptors (Lipinski definition) is 2. The fourth-order valence-corrected chi connectivity index (χ4v) is 2.19. The molecule has 5 heteroatoms. The van der Waals surface area contributed by atoms with E-state index in [0.717, 1.165) is 24.6 Å². The number of benzene rings is 1. The molecule has 1 heterocycles. The van der Waals surface area contributed by atoms with E-state index in [4.69, 9.17) is 11.6 Å². The lowest BCUT2D eigenvalue weighted by Crippen LogP contribution is -2.19. The van der Waals surface area contributed by atoms with Gasteiger partial charge in [-0.1, -0.05) is 37.4 Å². The zero-order valence-corrected chi connectivity index (χ0v) is 12.1. The summed E-state index contributed by atoms with van der Waals surface area (Å²) in [6.07, 6.45) is 3.35. The van der Waals surface area contributed by atoms with Crippen molar-refractivity contribution in [2.45, 2.75) is 32.6 Å². The van der Waals surface area contributed by atoms with Crippen LogP contribution in [0.15, 0.2) is 29.1 Å². The molecule has 2 rings (SSSR count). The number of H-pyrrole nitrogens is 1. The van der Waals surface area contributed by atoms with Crippen LogP contribution < -0.4 is 10.9 Å². The molecular weight excluding hydrogens is 276 g/mol. The van der Waals surface area contributed by atoms with Crippen molar-refractivity contribution in [2.24, 2.45) is 0 Å². The maximum Gasteiger partial charge on any atom is 0.272 e. The third-order valence-electron chi connectivity index (χ3n) is 3.09. The van der Waals surface area contributed by atoms with E-state index in [1.165, 1.54) is 0 Å². The van der Waals surface area contributed by atoms with E-state index in [1.807, 2.05) is 0 Å². The summed E-state index contributed by atoms with van der Waals surface area (Å²) in [6, 6.07) is 6.91. The van der Waals surface area contributed by atoms with E-state index in [-0.39, 0.29) is 17.2 Å². The highest BCUT2D eigenvalue weighted by atomic mass is 35.5. The second-order valence-corrected chi connectivity index (χ2v) is 5.19. The predicted molar refractivity (Wildman–Crippen MR) is 82.4 cm³/mol. The second-order valence-electron chi connectivity index (χ2n) is 4.75. The minimum absolute atomic E-state index is 0.128. The van der Waals surface area contributed by atoms with Crippen LogP contribution in [0.5, 0.6) is 0 Å². The zero-order chi connectivity index (χ0) is 14.5. The molecule has 0 aliphatic heterocycles. The third-order valence-corrected chi connectivity index (χ3v) is 3.32. The van der Waals surface area contributed by atoms with Crippen molar-refractivity contribution >= 4 is 34.1 Å². The number of aromatic amines is 1. The Bertz CT molecular complexity index is 679. The van der Waals surface area contributed by atoms with Gasteiger partial charge in [-0.2, -0.15) is 0 Å². The van der Waals surface area contributed by atoms with Crippen LogP contribution in [-0.4, -0.2) is 10.9 Å². The number of pyridine rings is 1. The number of anilines is 1. The molecule has 0 saturated heterocycles. The summed E-state index contributed by atoms with van der Waals surface area (Å²) in [4.78, 5) is 26.4. The molecule has 2 N–H and O–H groups in total. The minimum Gasteiger partial charge on any atom is -0.321 e. The van der Waals surface area contributed by atoms with Gasteiger partial charge in [0.1, 0.15) is 5.69 Å². The molecule has 0 radical (unpaired) electrons. The molecule has 0 saturated carbocycles. The minimum atomic E-state index is -0.316. The summed E-state index contributed by atoms with van der Waals surface area (Å²) >= 11 is 5.87. The number of amides is 1. The van der Waals surface area contributed by atoms with Gasteiger partial charge in [-0.05, 0) is 24.6 Å². The largest absolute Gasteiger partial charge is 0.321 e. The molecule has 2 aromatic rings. The summed E-state index contributed by atoms with van der Waals surface area (Å²) in [5, 5.41) is 4.05. The molecule has 0 atom stereocenters. The van der Waals surface area contributed by atoms with Crippen molar-refractivity contribution in [2.75, 3.05) is 5.32 Å². The van der Waals surface area contributed by atoms with E-state index in [0.29, 0.717) is 17.0 Å². The highest BCUT2D eigenvalue weighted by Gasteiger charge is 2.07. The Hall–Kier alpha value is -1.81. The average molecular weight is 293 g/mol. The SMILES string of the molecule is CCCCCC(=O)Nc1cc2ccc(Cl)cc2[nH]c1=O. The number of carbonyl (C=O) groups excluding carboxylic acids is 1. The number of carbonyl (C=O) groups is 1. The van der Waals surface area contributed by atoms with Gasteiger partial charge >= 0.3 is 0 Å². The molecule has 4 nitrogen and oxygen atoms in total. The van der Waals surface area contributed by atoms with Crippen LogP contribution in [-0.2, 0) is 4.79 Å². The number of aromatic nitrogens is 1. The third kappa shape index (κ3) is 3.61. The van der Waals surface area contributed by atoms with Gasteiger partial charge in [-0.15, -0.1) is 0 Å². The topological polar surface area (TPSA) is 62.0 Å². The van der Waals surface area contributed by atoms with E-state index in [9.17, 15) is 9.59 Å². The van der Waals surface area contributed by atoms with Gasteiger partial charge < -0.3 is 10.3 Å². The lowest BCUT2D eigenvalue weighted by molar-refractivity contribution is -0.116. The van der Waals surface area contributed by atoms with Crippen molar-refractivity contribution in [3.63, 3.8) is 0 Å². The Morgan fingerprint density at radius 2 is 2.10 bits per heavy atom. The molecule has 1 aromatic carbocycles. The molecular formula is C15H17ClN2O2. The molecule has 20 heavy (non-hydrogen) atoms. The number of halogens is 1. The smallest absolute Gasteiger partial charge is 0.272 e. The molecule has 0 fully saturated rings. The fraction of sp³-hybridized carbons (Fsp3) is 0.333. The fourth-order valence-electron chi connectivity index (χ4n) is 2.01. The first-order chi connectivity index (χ1) is 9.60. The molecule has 0 unspecified atom stereocenters. The van der Waals surface area contributed by atoms with Gasteiger partial charge in [-0.3, -0.25) is 9.59 Å². The first-order valence-corrected chi connectivity index (χ1v) is 7.10.